The Morgan fingerprint density at radius 3 is 2.46 bits per heavy atom. The highest BCUT2D eigenvalue weighted by atomic mass is 16.7. The van der Waals surface area contributed by atoms with Gasteiger partial charge in [-0.3, -0.25) is 0 Å². The zero-order valence-electron chi connectivity index (χ0n) is 20.8. The van der Waals surface area contributed by atoms with Gasteiger partial charge in [0.1, 0.15) is 24.4 Å². The van der Waals surface area contributed by atoms with Crippen LogP contribution in [0.3, 0.4) is 0 Å². The Balaban J connectivity index is 1.62. The van der Waals surface area contributed by atoms with E-state index in [0.29, 0.717) is 29.5 Å². The lowest BCUT2D eigenvalue weighted by atomic mass is 9.59. The van der Waals surface area contributed by atoms with Crippen molar-refractivity contribution in [2.24, 2.45) is 11.3 Å². The Bertz CT molecular complexity index is 992. The first-order valence-electron chi connectivity index (χ1n) is 12.6. The summed E-state index contributed by atoms with van der Waals surface area (Å²) in [5.74, 6) is -0.259. The molecular formula is C26H38O9. The van der Waals surface area contributed by atoms with E-state index < -0.39 is 54.6 Å². The van der Waals surface area contributed by atoms with Gasteiger partial charge in [0.05, 0.1) is 23.9 Å². The fraction of sp³-hybridized carbons (Fsp3) is 0.769. The van der Waals surface area contributed by atoms with Gasteiger partial charge in [-0.1, -0.05) is 20.3 Å². The minimum absolute atomic E-state index is 0.0887. The second-order valence-corrected chi connectivity index (χ2v) is 12.0. The number of hydrogen-bond donors (Lipinski definition) is 6. The lowest BCUT2D eigenvalue weighted by Crippen LogP contribution is -2.61. The maximum Gasteiger partial charge on any atom is 0.229 e. The maximum atomic E-state index is 11.8. The molecule has 1 saturated heterocycles. The number of benzene rings is 1. The van der Waals surface area contributed by atoms with Crippen LogP contribution in [0.25, 0.3) is 0 Å². The van der Waals surface area contributed by atoms with Crippen LogP contribution in [-0.4, -0.2) is 73.6 Å². The molecule has 0 bridgehead atoms. The molecule has 2 aliphatic heterocycles. The van der Waals surface area contributed by atoms with Gasteiger partial charge in [0.25, 0.3) is 0 Å². The summed E-state index contributed by atoms with van der Waals surface area (Å²) in [5, 5.41) is 65.3. The minimum atomic E-state index is -1.39. The number of ether oxygens (including phenoxy) is 3. The molecule has 2 heterocycles. The summed E-state index contributed by atoms with van der Waals surface area (Å²) in [5.41, 5.74) is -0.914. The normalized spacial score (nSPS) is 41.8. The Kier molecular flexibility index (Phi) is 5.96. The molecule has 1 aromatic rings. The number of phenolic OH excluding ortho intramolecular Hbond substituents is 1. The molecule has 9 heteroatoms. The highest BCUT2D eigenvalue weighted by Crippen LogP contribution is 2.56. The van der Waals surface area contributed by atoms with Gasteiger partial charge < -0.3 is 44.8 Å². The lowest BCUT2D eigenvalue weighted by Gasteiger charge is -2.49. The first-order valence-corrected chi connectivity index (χ1v) is 12.6. The smallest absolute Gasteiger partial charge is 0.229 e. The molecule has 196 valence electrons. The van der Waals surface area contributed by atoms with Crippen molar-refractivity contribution in [3.63, 3.8) is 0 Å². The number of phenols is 1. The highest BCUT2D eigenvalue weighted by molar-refractivity contribution is 5.58. The molecule has 35 heavy (non-hydrogen) atoms. The van der Waals surface area contributed by atoms with Gasteiger partial charge in [-0.25, -0.2) is 0 Å². The first-order chi connectivity index (χ1) is 16.3. The van der Waals surface area contributed by atoms with E-state index in [1.807, 2.05) is 0 Å². The zero-order chi connectivity index (χ0) is 25.5. The van der Waals surface area contributed by atoms with Gasteiger partial charge in [-0.15, -0.1) is 0 Å². The highest BCUT2D eigenvalue weighted by Gasteiger charge is 2.54. The van der Waals surface area contributed by atoms with Crippen LogP contribution in [0.2, 0.25) is 0 Å². The van der Waals surface area contributed by atoms with Crippen molar-refractivity contribution in [3.8, 4) is 11.5 Å². The third-order valence-corrected chi connectivity index (χ3v) is 8.86. The Morgan fingerprint density at radius 1 is 1.06 bits per heavy atom. The Hall–Kier alpha value is -1.46. The van der Waals surface area contributed by atoms with Crippen LogP contribution in [0.1, 0.15) is 76.2 Å². The summed E-state index contributed by atoms with van der Waals surface area (Å²) in [6.45, 7) is 7.21. The predicted octanol–water partition coefficient (Wildman–Crippen LogP) is 1.38. The number of fused-ring (bicyclic) bond motifs is 4. The van der Waals surface area contributed by atoms with E-state index in [1.165, 1.54) is 0 Å². The van der Waals surface area contributed by atoms with Crippen LogP contribution in [0, 0.1) is 11.3 Å². The molecule has 9 nitrogen and oxygen atoms in total. The van der Waals surface area contributed by atoms with Crippen LogP contribution < -0.4 is 4.74 Å². The topological polar surface area (TPSA) is 149 Å². The summed E-state index contributed by atoms with van der Waals surface area (Å²) in [7, 11) is 0. The Labute approximate surface area is 205 Å². The molecule has 0 amide bonds. The zero-order valence-corrected chi connectivity index (χ0v) is 20.8. The monoisotopic (exact) mass is 494 g/mol. The second-order valence-electron chi connectivity index (χ2n) is 12.0. The molecule has 1 saturated carbocycles. The number of aliphatic hydroxyl groups excluding tert-OH is 4. The van der Waals surface area contributed by atoms with Gasteiger partial charge in [-0.05, 0) is 56.1 Å². The first kappa shape index (κ1) is 25.2. The lowest BCUT2D eigenvalue weighted by molar-refractivity contribution is -0.299. The molecule has 2 fully saturated rings. The molecule has 5 rings (SSSR count). The molecule has 6 N–H and O–H groups in total. The molecule has 8 unspecified atom stereocenters. The molecule has 8 atom stereocenters. The summed E-state index contributed by atoms with van der Waals surface area (Å²) in [6.07, 6.45) is -4.12. The Morgan fingerprint density at radius 2 is 1.77 bits per heavy atom. The van der Waals surface area contributed by atoms with E-state index in [2.05, 4.69) is 13.8 Å². The summed E-state index contributed by atoms with van der Waals surface area (Å²) in [6, 6.07) is 1.76. The fourth-order valence-corrected chi connectivity index (χ4v) is 6.89. The summed E-state index contributed by atoms with van der Waals surface area (Å²) >= 11 is 0. The van der Waals surface area contributed by atoms with E-state index in [-0.39, 0.29) is 29.3 Å². The van der Waals surface area contributed by atoms with Crippen molar-refractivity contribution in [1.82, 2.24) is 0 Å². The molecule has 1 aromatic carbocycles. The molecule has 0 spiro atoms. The van der Waals surface area contributed by atoms with Crippen LogP contribution in [0.5, 0.6) is 11.5 Å². The minimum Gasteiger partial charge on any atom is -0.504 e. The summed E-state index contributed by atoms with van der Waals surface area (Å²) < 4.78 is 18.0. The van der Waals surface area contributed by atoms with Crippen LogP contribution in [-0.2, 0) is 21.5 Å². The van der Waals surface area contributed by atoms with E-state index in [4.69, 9.17) is 14.2 Å². The van der Waals surface area contributed by atoms with Gasteiger partial charge in [0, 0.05) is 17.5 Å². The van der Waals surface area contributed by atoms with Gasteiger partial charge in [0.2, 0.25) is 6.29 Å². The largest absolute Gasteiger partial charge is 0.504 e. The molecule has 4 aliphatic rings. The van der Waals surface area contributed by atoms with E-state index >= 15 is 0 Å². The third-order valence-electron chi connectivity index (χ3n) is 8.86. The molecule has 2 aliphatic carbocycles. The average Bonchev–Trinajstić information content (AvgIpc) is 2.96. The molecule has 0 radical (unpaired) electrons. The second kappa shape index (κ2) is 8.28. The van der Waals surface area contributed by atoms with Gasteiger partial charge in [-0.2, -0.15) is 0 Å². The van der Waals surface area contributed by atoms with Gasteiger partial charge >= 0.3 is 0 Å². The predicted molar refractivity (Wildman–Crippen MR) is 124 cm³/mol. The van der Waals surface area contributed by atoms with E-state index in [1.54, 1.807) is 19.9 Å². The average molecular weight is 495 g/mol. The molecule has 0 aromatic heterocycles. The van der Waals surface area contributed by atoms with Crippen molar-refractivity contribution in [1.29, 1.82) is 0 Å². The third kappa shape index (κ3) is 3.87. The van der Waals surface area contributed by atoms with Crippen LogP contribution >= 0.6 is 0 Å². The van der Waals surface area contributed by atoms with Gasteiger partial charge in [0.15, 0.2) is 11.5 Å². The van der Waals surface area contributed by atoms with Crippen molar-refractivity contribution in [2.75, 3.05) is 6.61 Å². The summed E-state index contributed by atoms with van der Waals surface area (Å²) in [4.78, 5) is 0. The quantitative estimate of drug-likeness (QED) is 0.340. The molecular weight excluding hydrogens is 456 g/mol. The van der Waals surface area contributed by atoms with Crippen molar-refractivity contribution >= 4 is 0 Å². The van der Waals surface area contributed by atoms with E-state index in [0.717, 1.165) is 12.8 Å². The standard InChI is InChI=1S/C26H38O9/c1-24(2)6-5-7-26(32)10-13-12(15(28)9-17(24)26)8-14-21(18(13)29)34-23-22(35-25(14,3)4)20(31)19(30)16(11-27)33-23/h8,15-17,19-20,22-23,27-32H,5-7,9-11H2,1-4H3. The van der Waals surface area contributed by atoms with Crippen LogP contribution in [0.15, 0.2) is 6.07 Å². The van der Waals surface area contributed by atoms with Crippen molar-refractivity contribution < 1.29 is 44.8 Å². The van der Waals surface area contributed by atoms with Crippen LogP contribution in [0.4, 0.5) is 0 Å². The fourth-order valence-electron chi connectivity index (χ4n) is 6.89. The SMILES string of the molecule is CC1(C)OC2C(Oc3c1cc1c(c3O)CC3(O)CCCC(C)(C)C3CC1O)OC(CO)C(O)C2O. The number of aliphatic hydroxyl groups is 5. The number of aromatic hydroxyl groups is 1. The maximum absolute atomic E-state index is 11.8. The van der Waals surface area contributed by atoms with Crippen molar-refractivity contribution in [2.45, 2.75) is 108 Å². The number of rotatable bonds is 1. The van der Waals surface area contributed by atoms with E-state index in [9.17, 15) is 30.6 Å². The number of hydrogen-bond acceptors (Lipinski definition) is 9. The van der Waals surface area contributed by atoms with Crippen molar-refractivity contribution in [3.05, 3.63) is 22.8 Å².